The van der Waals surface area contributed by atoms with Crippen molar-refractivity contribution in [2.75, 3.05) is 27.2 Å². The van der Waals surface area contributed by atoms with Crippen molar-refractivity contribution in [3.8, 4) is 0 Å². The zero-order chi connectivity index (χ0) is 8.27. The first-order valence-electron chi connectivity index (χ1n) is 3.77. The van der Waals surface area contributed by atoms with E-state index in [-0.39, 0.29) is 0 Å². The lowest BCUT2D eigenvalue weighted by Crippen LogP contribution is -2.29. The lowest BCUT2D eigenvalue weighted by molar-refractivity contribution is 0.426. The molecule has 0 saturated carbocycles. The molecule has 0 radical (unpaired) electrons. The quantitative estimate of drug-likeness (QED) is 0.581. The molecule has 0 unspecified atom stereocenters. The minimum Gasteiger partial charge on any atom is -0.375 e. The highest BCUT2D eigenvalue weighted by Gasteiger charge is 2.06. The monoisotopic (exact) mass is 153 g/mol. The van der Waals surface area contributed by atoms with E-state index in [1.807, 2.05) is 14.1 Å². The fourth-order valence-corrected chi connectivity index (χ4v) is 1.10. The summed E-state index contributed by atoms with van der Waals surface area (Å²) in [4.78, 5) is 2.14. The van der Waals surface area contributed by atoms with E-state index in [2.05, 4.69) is 22.4 Å². The Morgan fingerprint density at radius 1 is 1.73 bits per heavy atom. The molecule has 0 aromatic heterocycles. The fraction of sp³-hybridized carbons (Fsp3) is 0.500. The van der Waals surface area contributed by atoms with Crippen molar-refractivity contribution < 1.29 is 0 Å². The van der Waals surface area contributed by atoms with Gasteiger partial charge < -0.3 is 16.0 Å². The van der Waals surface area contributed by atoms with Gasteiger partial charge in [0.05, 0.1) is 0 Å². The van der Waals surface area contributed by atoms with Crippen molar-refractivity contribution in [3.63, 3.8) is 0 Å². The van der Waals surface area contributed by atoms with Crippen LogP contribution in [0.2, 0.25) is 0 Å². The molecule has 1 heterocycles. The van der Waals surface area contributed by atoms with Gasteiger partial charge in [0.15, 0.2) is 0 Å². The van der Waals surface area contributed by atoms with Crippen molar-refractivity contribution in [3.05, 3.63) is 23.5 Å². The van der Waals surface area contributed by atoms with Crippen LogP contribution in [-0.4, -0.2) is 32.1 Å². The minimum absolute atomic E-state index is 0.624. The van der Waals surface area contributed by atoms with Crippen molar-refractivity contribution >= 4 is 0 Å². The topological polar surface area (TPSA) is 41.3 Å². The summed E-state index contributed by atoms with van der Waals surface area (Å²) in [5, 5.41) is 3.11. The van der Waals surface area contributed by atoms with Crippen LogP contribution in [0.25, 0.3) is 0 Å². The highest BCUT2D eigenvalue weighted by Crippen LogP contribution is 2.08. The SMILES string of the molecule is CNC1=CC(CN)=CCN1C. The Kier molecular flexibility index (Phi) is 2.54. The van der Waals surface area contributed by atoms with E-state index < -0.39 is 0 Å². The average Bonchev–Trinajstić information content (AvgIpc) is 2.05. The zero-order valence-corrected chi connectivity index (χ0v) is 7.09. The number of rotatable bonds is 2. The molecule has 3 heteroatoms. The predicted molar refractivity (Wildman–Crippen MR) is 46.9 cm³/mol. The Morgan fingerprint density at radius 2 is 2.45 bits per heavy atom. The van der Waals surface area contributed by atoms with Crippen LogP contribution in [0.15, 0.2) is 23.5 Å². The van der Waals surface area contributed by atoms with Gasteiger partial charge >= 0.3 is 0 Å². The maximum Gasteiger partial charge on any atom is 0.101 e. The molecule has 0 bridgehead atoms. The van der Waals surface area contributed by atoms with Crippen molar-refractivity contribution in [1.29, 1.82) is 0 Å². The maximum atomic E-state index is 5.51. The first-order valence-corrected chi connectivity index (χ1v) is 3.77. The van der Waals surface area contributed by atoms with Gasteiger partial charge in [-0.1, -0.05) is 6.08 Å². The number of hydrogen-bond donors (Lipinski definition) is 2. The molecule has 1 rings (SSSR count). The molecule has 1 aliphatic heterocycles. The molecule has 0 aromatic rings. The van der Waals surface area contributed by atoms with Gasteiger partial charge in [-0.25, -0.2) is 0 Å². The van der Waals surface area contributed by atoms with Gasteiger partial charge in [-0.3, -0.25) is 0 Å². The molecule has 62 valence electrons. The maximum absolute atomic E-state index is 5.51. The molecular weight excluding hydrogens is 138 g/mol. The molecule has 0 aromatic carbocycles. The smallest absolute Gasteiger partial charge is 0.101 e. The lowest BCUT2D eigenvalue weighted by Gasteiger charge is -2.24. The minimum atomic E-state index is 0.624. The summed E-state index contributed by atoms with van der Waals surface area (Å²) < 4.78 is 0. The van der Waals surface area contributed by atoms with E-state index in [0.717, 1.165) is 12.4 Å². The summed E-state index contributed by atoms with van der Waals surface area (Å²) in [6, 6.07) is 0. The first-order chi connectivity index (χ1) is 5.27. The zero-order valence-electron chi connectivity index (χ0n) is 7.09. The number of nitrogens with one attached hydrogen (secondary N) is 1. The van der Waals surface area contributed by atoms with E-state index in [9.17, 15) is 0 Å². The van der Waals surface area contributed by atoms with Crippen LogP contribution >= 0.6 is 0 Å². The molecule has 0 amide bonds. The van der Waals surface area contributed by atoms with Gasteiger partial charge in [0.1, 0.15) is 5.82 Å². The van der Waals surface area contributed by atoms with Crippen LogP contribution in [0, 0.1) is 0 Å². The van der Waals surface area contributed by atoms with Crippen molar-refractivity contribution in [2.45, 2.75) is 0 Å². The summed E-state index contributed by atoms with van der Waals surface area (Å²) >= 11 is 0. The van der Waals surface area contributed by atoms with Crippen LogP contribution < -0.4 is 11.1 Å². The molecular formula is C8H15N3. The van der Waals surface area contributed by atoms with Crippen LogP contribution in [0.5, 0.6) is 0 Å². The molecule has 0 atom stereocenters. The van der Waals surface area contributed by atoms with Gasteiger partial charge in [-0.05, 0) is 11.6 Å². The molecule has 0 aliphatic carbocycles. The number of nitrogens with two attached hydrogens (primary N) is 1. The normalized spacial score (nSPS) is 17.5. The standard InChI is InChI=1S/C8H15N3/c1-10-8-5-7(6-9)3-4-11(8)2/h3,5,10H,4,6,9H2,1-2H3. The van der Waals surface area contributed by atoms with E-state index in [0.29, 0.717) is 6.54 Å². The molecule has 3 nitrogen and oxygen atoms in total. The van der Waals surface area contributed by atoms with E-state index in [1.54, 1.807) is 0 Å². The second-order valence-electron chi connectivity index (χ2n) is 2.64. The van der Waals surface area contributed by atoms with Gasteiger partial charge in [0.2, 0.25) is 0 Å². The summed E-state index contributed by atoms with van der Waals surface area (Å²) in [6.45, 7) is 1.57. The summed E-state index contributed by atoms with van der Waals surface area (Å²) in [7, 11) is 3.97. The van der Waals surface area contributed by atoms with Crippen LogP contribution in [0.1, 0.15) is 0 Å². The predicted octanol–water partition coefficient (Wildman–Crippen LogP) is -0.122. The van der Waals surface area contributed by atoms with Gasteiger partial charge in [-0.2, -0.15) is 0 Å². The second-order valence-corrected chi connectivity index (χ2v) is 2.64. The molecule has 0 saturated heterocycles. The second kappa shape index (κ2) is 3.44. The largest absolute Gasteiger partial charge is 0.375 e. The molecule has 3 N–H and O–H groups in total. The van der Waals surface area contributed by atoms with Crippen LogP contribution in [0.3, 0.4) is 0 Å². The molecule has 11 heavy (non-hydrogen) atoms. The first kappa shape index (κ1) is 8.14. The Balaban J connectivity index is 2.71. The van der Waals surface area contributed by atoms with Crippen molar-refractivity contribution in [1.82, 2.24) is 10.2 Å². The highest BCUT2D eigenvalue weighted by molar-refractivity contribution is 5.27. The summed E-state index contributed by atoms with van der Waals surface area (Å²) in [6.07, 6.45) is 4.21. The third-order valence-corrected chi connectivity index (χ3v) is 1.85. The van der Waals surface area contributed by atoms with E-state index >= 15 is 0 Å². The third kappa shape index (κ3) is 1.74. The van der Waals surface area contributed by atoms with Crippen molar-refractivity contribution in [2.24, 2.45) is 5.73 Å². The van der Waals surface area contributed by atoms with Crippen LogP contribution in [0.4, 0.5) is 0 Å². The lowest BCUT2D eigenvalue weighted by atomic mass is 10.2. The number of nitrogens with zero attached hydrogens (tertiary/aromatic N) is 1. The Labute approximate surface area is 67.6 Å². The molecule has 1 aliphatic rings. The average molecular weight is 153 g/mol. The Hall–Kier alpha value is -0.960. The van der Waals surface area contributed by atoms with Gasteiger partial charge in [0, 0.05) is 27.2 Å². The van der Waals surface area contributed by atoms with Gasteiger partial charge in [0.25, 0.3) is 0 Å². The van der Waals surface area contributed by atoms with E-state index in [4.69, 9.17) is 5.73 Å². The Bertz CT molecular complexity index is 194. The number of hydrogen-bond acceptors (Lipinski definition) is 3. The number of likely N-dealkylation sites (N-methyl/N-ethyl adjacent to an activating group) is 1. The van der Waals surface area contributed by atoms with Crippen LogP contribution in [-0.2, 0) is 0 Å². The summed E-state index contributed by atoms with van der Waals surface area (Å²) in [5.74, 6) is 1.13. The molecule has 0 fully saturated rings. The fourth-order valence-electron chi connectivity index (χ4n) is 1.10. The van der Waals surface area contributed by atoms with E-state index in [1.165, 1.54) is 5.57 Å². The Morgan fingerprint density at radius 3 is 3.00 bits per heavy atom. The molecule has 0 spiro atoms. The third-order valence-electron chi connectivity index (χ3n) is 1.85. The van der Waals surface area contributed by atoms with Gasteiger partial charge in [-0.15, -0.1) is 0 Å². The summed E-state index contributed by atoms with van der Waals surface area (Å²) in [5.41, 5.74) is 6.71. The highest BCUT2D eigenvalue weighted by atomic mass is 15.2.